The number of carbonyl (C=O) groups is 1. The number of anilines is 1. The largest absolute Gasteiger partial charge is 0.305 e. The standard InChI is InChI=1S/C23H21N3O5/c27-23(18-13-21(25(28)29)15-22(14-18)26(30)31)24(19-8-2-1-3-9-19)20-11-10-16-6-4-5-7-17(16)12-20/h4-7,10-15,19H,1-3,8-9H2. The fraction of sp³-hybridized carbons (Fsp3) is 0.261. The average molecular weight is 419 g/mol. The number of amides is 1. The molecule has 1 aliphatic carbocycles. The Morgan fingerprint density at radius 1 is 0.806 bits per heavy atom. The van der Waals surface area contributed by atoms with Crippen molar-refractivity contribution in [3.63, 3.8) is 0 Å². The molecule has 4 rings (SSSR count). The number of rotatable bonds is 5. The van der Waals surface area contributed by atoms with E-state index >= 15 is 0 Å². The lowest BCUT2D eigenvalue weighted by atomic mass is 9.93. The Kier molecular flexibility index (Phi) is 5.62. The second-order valence-electron chi connectivity index (χ2n) is 7.75. The van der Waals surface area contributed by atoms with Gasteiger partial charge in [-0.3, -0.25) is 25.0 Å². The molecule has 1 fully saturated rings. The molecular formula is C23H21N3O5. The maximum atomic E-state index is 13.6. The zero-order valence-electron chi connectivity index (χ0n) is 16.8. The van der Waals surface area contributed by atoms with E-state index in [4.69, 9.17) is 0 Å². The molecule has 8 nitrogen and oxygen atoms in total. The summed E-state index contributed by atoms with van der Waals surface area (Å²) in [6, 6.07) is 16.6. The first-order valence-electron chi connectivity index (χ1n) is 10.2. The summed E-state index contributed by atoms with van der Waals surface area (Å²) in [5.74, 6) is -0.464. The van der Waals surface area contributed by atoms with E-state index in [1.807, 2.05) is 42.5 Å². The number of nitro groups is 2. The molecule has 1 saturated carbocycles. The summed E-state index contributed by atoms with van der Waals surface area (Å²) in [6.07, 6.45) is 4.69. The summed E-state index contributed by atoms with van der Waals surface area (Å²) in [6.45, 7) is 0. The van der Waals surface area contributed by atoms with Gasteiger partial charge in [-0.05, 0) is 35.7 Å². The molecule has 0 saturated heterocycles. The molecule has 31 heavy (non-hydrogen) atoms. The number of nitro benzene ring substituents is 2. The third-order valence-corrected chi connectivity index (χ3v) is 5.74. The van der Waals surface area contributed by atoms with E-state index in [0.29, 0.717) is 5.69 Å². The lowest BCUT2D eigenvalue weighted by molar-refractivity contribution is -0.394. The Labute approximate surface area is 178 Å². The molecule has 0 aromatic heterocycles. The van der Waals surface area contributed by atoms with Crippen molar-refractivity contribution in [2.75, 3.05) is 4.90 Å². The molecule has 0 aliphatic heterocycles. The van der Waals surface area contributed by atoms with Gasteiger partial charge >= 0.3 is 0 Å². The van der Waals surface area contributed by atoms with E-state index in [2.05, 4.69) is 0 Å². The number of non-ortho nitro benzene ring substituents is 2. The molecule has 3 aromatic carbocycles. The van der Waals surface area contributed by atoms with Crippen LogP contribution in [0, 0.1) is 20.2 Å². The molecule has 0 N–H and O–H groups in total. The Bertz CT molecular complexity index is 1140. The molecule has 8 heteroatoms. The van der Waals surface area contributed by atoms with Gasteiger partial charge in [0.05, 0.1) is 21.5 Å². The molecule has 1 amide bonds. The highest BCUT2D eigenvalue weighted by Crippen LogP contribution is 2.32. The number of hydrogen-bond acceptors (Lipinski definition) is 5. The Hall–Kier alpha value is -3.81. The normalized spacial score (nSPS) is 14.3. The van der Waals surface area contributed by atoms with E-state index in [9.17, 15) is 25.0 Å². The topological polar surface area (TPSA) is 107 Å². The smallest absolute Gasteiger partial charge is 0.277 e. The number of carbonyl (C=O) groups excluding carboxylic acids is 1. The van der Waals surface area contributed by atoms with Gasteiger partial charge in [0.15, 0.2) is 0 Å². The van der Waals surface area contributed by atoms with Crippen LogP contribution in [0.4, 0.5) is 17.1 Å². The van der Waals surface area contributed by atoms with Gasteiger partial charge in [-0.25, -0.2) is 0 Å². The molecule has 0 spiro atoms. The van der Waals surface area contributed by atoms with Crippen molar-refractivity contribution in [3.05, 3.63) is 86.5 Å². The third-order valence-electron chi connectivity index (χ3n) is 5.74. The van der Waals surface area contributed by atoms with Gasteiger partial charge in [-0.1, -0.05) is 49.6 Å². The predicted octanol–water partition coefficient (Wildman–Crippen LogP) is 5.64. The average Bonchev–Trinajstić information content (AvgIpc) is 2.79. The highest BCUT2D eigenvalue weighted by Gasteiger charge is 2.30. The van der Waals surface area contributed by atoms with Gasteiger partial charge in [-0.15, -0.1) is 0 Å². The highest BCUT2D eigenvalue weighted by molar-refractivity contribution is 6.08. The van der Waals surface area contributed by atoms with Crippen molar-refractivity contribution in [1.29, 1.82) is 0 Å². The molecule has 0 bridgehead atoms. The summed E-state index contributed by atoms with van der Waals surface area (Å²) in [5.41, 5.74) is -0.316. The Morgan fingerprint density at radius 2 is 1.42 bits per heavy atom. The van der Waals surface area contributed by atoms with Crippen LogP contribution in [0.5, 0.6) is 0 Å². The first-order valence-corrected chi connectivity index (χ1v) is 10.2. The van der Waals surface area contributed by atoms with Crippen LogP contribution in [-0.2, 0) is 0 Å². The fourth-order valence-corrected chi connectivity index (χ4v) is 4.23. The van der Waals surface area contributed by atoms with Crippen molar-refractivity contribution in [2.45, 2.75) is 38.1 Å². The first-order chi connectivity index (χ1) is 14.9. The predicted molar refractivity (Wildman–Crippen MR) is 117 cm³/mol. The highest BCUT2D eigenvalue weighted by atomic mass is 16.6. The molecule has 0 unspecified atom stereocenters. The van der Waals surface area contributed by atoms with Crippen molar-refractivity contribution in [3.8, 4) is 0 Å². The van der Waals surface area contributed by atoms with Crippen LogP contribution in [-0.4, -0.2) is 21.8 Å². The minimum atomic E-state index is -0.718. The lowest BCUT2D eigenvalue weighted by Gasteiger charge is -2.34. The zero-order chi connectivity index (χ0) is 22.0. The minimum absolute atomic E-state index is 0.0559. The van der Waals surface area contributed by atoms with Gasteiger partial charge in [0.25, 0.3) is 17.3 Å². The number of benzene rings is 3. The van der Waals surface area contributed by atoms with Gasteiger partial charge < -0.3 is 4.90 Å². The molecule has 0 heterocycles. The quantitative estimate of drug-likeness (QED) is 0.393. The summed E-state index contributed by atoms with van der Waals surface area (Å²) in [7, 11) is 0. The van der Waals surface area contributed by atoms with E-state index < -0.39 is 27.1 Å². The summed E-state index contributed by atoms with van der Waals surface area (Å²) in [5, 5.41) is 24.6. The number of fused-ring (bicyclic) bond motifs is 1. The maximum absolute atomic E-state index is 13.6. The van der Waals surface area contributed by atoms with Crippen LogP contribution in [0.2, 0.25) is 0 Å². The second-order valence-corrected chi connectivity index (χ2v) is 7.75. The summed E-state index contributed by atoms with van der Waals surface area (Å²) < 4.78 is 0. The molecular weight excluding hydrogens is 398 g/mol. The summed E-state index contributed by atoms with van der Waals surface area (Å²) in [4.78, 5) is 36.4. The van der Waals surface area contributed by atoms with Crippen LogP contribution in [0.1, 0.15) is 42.5 Å². The van der Waals surface area contributed by atoms with E-state index in [-0.39, 0.29) is 11.6 Å². The Morgan fingerprint density at radius 3 is 2.03 bits per heavy atom. The van der Waals surface area contributed by atoms with Crippen molar-refractivity contribution in [2.24, 2.45) is 0 Å². The first kappa shape index (κ1) is 20.5. The molecule has 1 aliphatic rings. The Balaban J connectivity index is 1.82. The molecule has 158 valence electrons. The van der Waals surface area contributed by atoms with E-state index in [0.717, 1.165) is 61.1 Å². The number of hydrogen-bond donors (Lipinski definition) is 0. The monoisotopic (exact) mass is 419 g/mol. The van der Waals surface area contributed by atoms with E-state index in [1.54, 1.807) is 4.90 Å². The van der Waals surface area contributed by atoms with Crippen LogP contribution < -0.4 is 4.90 Å². The fourth-order valence-electron chi connectivity index (χ4n) is 4.23. The van der Waals surface area contributed by atoms with Crippen LogP contribution in [0.25, 0.3) is 10.8 Å². The zero-order valence-corrected chi connectivity index (χ0v) is 16.8. The maximum Gasteiger partial charge on any atom is 0.277 e. The SMILES string of the molecule is O=C(c1cc([N+](=O)[O-])cc([N+](=O)[O-])c1)N(c1ccc2ccccc2c1)C1CCCCC1. The molecule has 3 aromatic rings. The van der Waals surface area contributed by atoms with Gasteiger partial charge in [0.1, 0.15) is 0 Å². The van der Waals surface area contributed by atoms with Gasteiger partial charge in [0.2, 0.25) is 0 Å². The van der Waals surface area contributed by atoms with Crippen LogP contribution in [0.3, 0.4) is 0 Å². The van der Waals surface area contributed by atoms with Crippen molar-refractivity contribution in [1.82, 2.24) is 0 Å². The molecule has 0 radical (unpaired) electrons. The summed E-state index contributed by atoms with van der Waals surface area (Å²) >= 11 is 0. The van der Waals surface area contributed by atoms with Gasteiger partial charge in [-0.2, -0.15) is 0 Å². The second kappa shape index (κ2) is 8.51. The van der Waals surface area contributed by atoms with Crippen LogP contribution in [0.15, 0.2) is 60.7 Å². The number of nitrogens with zero attached hydrogens (tertiary/aromatic N) is 3. The minimum Gasteiger partial charge on any atom is -0.305 e. The third kappa shape index (κ3) is 4.23. The lowest BCUT2D eigenvalue weighted by Crippen LogP contribution is -2.41. The van der Waals surface area contributed by atoms with Crippen molar-refractivity contribution >= 4 is 33.7 Å². The molecule has 0 atom stereocenters. The van der Waals surface area contributed by atoms with Crippen LogP contribution >= 0.6 is 0 Å². The van der Waals surface area contributed by atoms with Crippen molar-refractivity contribution < 1.29 is 14.6 Å². The van der Waals surface area contributed by atoms with Gasteiger partial charge in [0, 0.05) is 23.9 Å². The van der Waals surface area contributed by atoms with E-state index in [1.165, 1.54) is 0 Å².